The summed E-state index contributed by atoms with van der Waals surface area (Å²) in [7, 11) is 0. The van der Waals surface area contributed by atoms with Crippen LogP contribution in [0.2, 0.25) is 0 Å². The molecule has 0 spiro atoms. The Morgan fingerprint density at radius 2 is 0.782 bits per heavy atom. The monoisotopic (exact) mass is 779 g/mol. The van der Waals surface area contributed by atoms with Crippen LogP contribution in [0, 0.1) is 0 Å². The second-order valence-corrected chi connectivity index (χ2v) is 16.9. The Labute approximate surface area is 341 Å². The Kier molecular flexibility index (Phi) is 42.2. The minimum absolute atomic E-state index is 0.0128. The molecule has 0 saturated heterocycles. The number of carbonyl (C=O) groups excluding carboxylic acids is 2. The molecule has 0 aliphatic rings. The molecule has 2 atom stereocenters. The van der Waals surface area contributed by atoms with Gasteiger partial charge in [-0.3, -0.25) is 9.59 Å². The molecule has 4 N–H and O–H groups in total. The van der Waals surface area contributed by atoms with Crippen molar-refractivity contribution in [3.8, 4) is 0 Å². The van der Waals surface area contributed by atoms with Gasteiger partial charge in [0.2, 0.25) is 5.91 Å². The van der Waals surface area contributed by atoms with Gasteiger partial charge in [-0.15, -0.1) is 0 Å². The Hall–Kier alpha value is -1.63. The van der Waals surface area contributed by atoms with E-state index in [9.17, 15) is 19.5 Å². The van der Waals surface area contributed by atoms with Crippen molar-refractivity contribution in [2.24, 2.45) is 5.73 Å². The van der Waals surface area contributed by atoms with Gasteiger partial charge in [0.1, 0.15) is 12.1 Å². The maximum absolute atomic E-state index is 12.8. The van der Waals surface area contributed by atoms with Crippen LogP contribution in [0.4, 0.5) is 0 Å². The molecule has 0 rings (SSSR count). The smallest absolute Gasteiger partial charge is 0.326 e. The van der Waals surface area contributed by atoms with Crippen molar-refractivity contribution in [1.82, 2.24) is 5.32 Å². The van der Waals surface area contributed by atoms with Crippen LogP contribution in [0.5, 0.6) is 0 Å². The van der Waals surface area contributed by atoms with Crippen molar-refractivity contribution in [3.63, 3.8) is 0 Å². The topological polar surface area (TPSA) is 119 Å². The lowest BCUT2D eigenvalue weighted by molar-refractivity contribution is -0.150. The first-order valence-corrected chi connectivity index (χ1v) is 24.4. The van der Waals surface area contributed by atoms with Gasteiger partial charge >= 0.3 is 11.9 Å². The van der Waals surface area contributed by atoms with Gasteiger partial charge in [-0.1, -0.05) is 206 Å². The average Bonchev–Trinajstić information content (AvgIpc) is 3.17. The van der Waals surface area contributed by atoms with Gasteiger partial charge in [0.15, 0.2) is 0 Å². The molecule has 0 bridgehead atoms. The third-order valence-electron chi connectivity index (χ3n) is 11.4. The number of carbonyl (C=O) groups is 3. The lowest BCUT2D eigenvalue weighted by atomic mass is 10.0. The number of hydrogen-bond donors (Lipinski definition) is 3. The van der Waals surface area contributed by atoms with E-state index in [1.165, 1.54) is 167 Å². The average molecular weight is 779 g/mol. The molecule has 0 aromatic rings. The molecule has 0 radical (unpaired) electrons. The number of nitrogens with two attached hydrogens (primary N) is 1. The second kappa shape index (κ2) is 43.5. The summed E-state index contributed by atoms with van der Waals surface area (Å²) < 4.78 is 6.07. The number of carboxylic acids is 1. The van der Waals surface area contributed by atoms with E-state index in [0.29, 0.717) is 32.2 Å². The van der Waals surface area contributed by atoms with E-state index in [0.717, 1.165) is 64.2 Å². The predicted molar refractivity (Wildman–Crippen MR) is 235 cm³/mol. The first-order valence-electron chi connectivity index (χ1n) is 24.4. The van der Waals surface area contributed by atoms with E-state index >= 15 is 0 Å². The fourth-order valence-corrected chi connectivity index (χ4v) is 7.75. The summed E-state index contributed by atoms with van der Waals surface area (Å²) in [5, 5.41) is 12.0. The van der Waals surface area contributed by atoms with Crippen LogP contribution >= 0.6 is 0 Å². The summed E-state index contributed by atoms with van der Waals surface area (Å²) >= 11 is 0. The number of aliphatic carboxylic acids is 1. The van der Waals surface area contributed by atoms with Crippen LogP contribution in [0.25, 0.3) is 0 Å². The zero-order valence-electron chi connectivity index (χ0n) is 36.8. The van der Waals surface area contributed by atoms with Crippen molar-refractivity contribution >= 4 is 17.8 Å². The Morgan fingerprint density at radius 1 is 0.455 bits per heavy atom. The highest BCUT2D eigenvalue weighted by molar-refractivity contribution is 5.83. The normalized spacial score (nSPS) is 12.5. The fraction of sp³-hybridized carbons (Fsp3) is 0.938. The first-order chi connectivity index (χ1) is 26.9. The first kappa shape index (κ1) is 53.4. The molecule has 0 aromatic heterocycles. The number of unbranched alkanes of at least 4 members (excludes halogenated alkanes) is 31. The summed E-state index contributed by atoms with van der Waals surface area (Å²) in [5.41, 5.74) is 5.49. The number of carboxylic acid groups (broad SMARTS) is 1. The third-order valence-corrected chi connectivity index (χ3v) is 11.4. The molecule has 0 saturated carbocycles. The predicted octanol–water partition coefficient (Wildman–Crippen LogP) is 14.1. The van der Waals surface area contributed by atoms with Crippen molar-refractivity contribution in [1.29, 1.82) is 0 Å². The molecule has 0 fully saturated rings. The summed E-state index contributed by atoms with van der Waals surface area (Å²) in [6.45, 7) is 4.97. The minimum atomic E-state index is -1.000. The van der Waals surface area contributed by atoms with E-state index in [1.807, 2.05) is 0 Å². The summed E-state index contributed by atoms with van der Waals surface area (Å²) in [6.07, 6.45) is 47.3. The quantitative estimate of drug-likeness (QED) is 0.0418. The van der Waals surface area contributed by atoms with E-state index in [-0.39, 0.29) is 18.0 Å². The highest BCUT2D eigenvalue weighted by Gasteiger charge is 2.19. The third kappa shape index (κ3) is 40.4. The van der Waals surface area contributed by atoms with Gasteiger partial charge in [0, 0.05) is 12.8 Å². The van der Waals surface area contributed by atoms with Gasteiger partial charge in [-0.25, -0.2) is 4.79 Å². The van der Waals surface area contributed by atoms with Crippen LogP contribution in [-0.2, 0) is 19.1 Å². The van der Waals surface area contributed by atoms with Crippen molar-refractivity contribution in [2.75, 3.05) is 6.54 Å². The van der Waals surface area contributed by atoms with Gasteiger partial charge in [0.05, 0.1) is 0 Å². The zero-order valence-corrected chi connectivity index (χ0v) is 36.8. The highest BCUT2D eigenvalue weighted by atomic mass is 16.5. The van der Waals surface area contributed by atoms with Gasteiger partial charge in [0.25, 0.3) is 0 Å². The Morgan fingerprint density at radius 3 is 1.13 bits per heavy atom. The summed E-state index contributed by atoms with van der Waals surface area (Å²) in [4.78, 5) is 36.4. The van der Waals surface area contributed by atoms with Crippen LogP contribution in [0.15, 0.2) is 0 Å². The largest absolute Gasteiger partial charge is 0.480 e. The molecule has 2 unspecified atom stereocenters. The van der Waals surface area contributed by atoms with E-state index < -0.39 is 12.0 Å². The molecule has 1 amide bonds. The van der Waals surface area contributed by atoms with Crippen molar-refractivity contribution in [2.45, 2.75) is 283 Å². The summed E-state index contributed by atoms with van der Waals surface area (Å²) in [5.74, 6) is -1.21. The Balaban J connectivity index is 4.14. The number of esters is 1. The maximum Gasteiger partial charge on any atom is 0.326 e. The van der Waals surface area contributed by atoms with Crippen LogP contribution in [0.3, 0.4) is 0 Å². The van der Waals surface area contributed by atoms with E-state index in [2.05, 4.69) is 19.2 Å². The number of hydrogen-bond acceptors (Lipinski definition) is 5. The molecule has 7 nitrogen and oxygen atoms in total. The molecular weight excluding hydrogens is 685 g/mol. The lowest BCUT2D eigenvalue weighted by Crippen LogP contribution is -2.40. The molecule has 55 heavy (non-hydrogen) atoms. The van der Waals surface area contributed by atoms with Crippen molar-refractivity contribution < 1.29 is 24.2 Å². The van der Waals surface area contributed by atoms with Gasteiger partial charge in [-0.05, 0) is 57.9 Å². The van der Waals surface area contributed by atoms with Crippen LogP contribution in [0.1, 0.15) is 271 Å². The Bertz CT molecular complexity index is 837. The molecule has 0 aromatic carbocycles. The molecule has 7 heteroatoms. The van der Waals surface area contributed by atoms with Crippen molar-refractivity contribution in [3.05, 3.63) is 0 Å². The molecule has 0 aliphatic heterocycles. The maximum atomic E-state index is 12.8. The summed E-state index contributed by atoms with van der Waals surface area (Å²) in [6, 6.07) is -0.852. The molecule has 0 heterocycles. The van der Waals surface area contributed by atoms with Gasteiger partial charge in [-0.2, -0.15) is 0 Å². The fourth-order valence-electron chi connectivity index (χ4n) is 7.75. The number of amides is 1. The van der Waals surface area contributed by atoms with E-state index in [1.54, 1.807) is 0 Å². The second-order valence-electron chi connectivity index (χ2n) is 16.9. The highest BCUT2D eigenvalue weighted by Crippen LogP contribution is 2.20. The molecule has 0 aliphatic carbocycles. The molecular formula is C48H94N2O5. The van der Waals surface area contributed by atoms with Crippen LogP contribution in [-0.4, -0.2) is 41.6 Å². The zero-order chi connectivity index (χ0) is 40.3. The van der Waals surface area contributed by atoms with E-state index in [4.69, 9.17) is 10.5 Å². The lowest BCUT2D eigenvalue weighted by Gasteiger charge is -2.18. The van der Waals surface area contributed by atoms with Gasteiger partial charge < -0.3 is 20.9 Å². The molecule has 326 valence electrons. The number of rotatable bonds is 45. The standard InChI is InChI=1S/C48H94N2O5/c1-3-5-7-9-11-13-15-16-17-18-19-20-21-22-23-25-27-32-36-42-47(52)55-44(38-33-29-26-24-14-12-10-8-6-4-2)39-34-30-28-31-35-41-46(51)50-45(48(53)54)40-37-43-49/h44-45H,3-43,49H2,1-2H3,(H,50,51)(H,53,54). The minimum Gasteiger partial charge on any atom is -0.480 e. The number of ether oxygens (including phenoxy) is 1. The number of nitrogens with one attached hydrogen (secondary N) is 1. The SMILES string of the molecule is CCCCCCCCCCCCCCCCCCCCCC(=O)OC(CCCCCCCCCCCC)CCCCCCCC(=O)NC(CCCN)C(=O)O. The van der Waals surface area contributed by atoms with Crippen LogP contribution < -0.4 is 11.1 Å².